The van der Waals surface area contributed by atoms with Crippen LogP contribution in [0.2, 0.25) is 0 Å². The number of para-hydroxylation sites is 1. The third-order valence-electron chi connectivity index (χ3n) is 12.5. The predicted octanol–water partition coefficient (Wildman–Crippen LogP) is 12.4. The van der Waals surface area contributed by atoms with E-state index >= 15 is 0 Å². The number of hydrogen-bond donors (Lipinski definition) is 0. The van der Waals surface area contributed by atoms with Crippen LogP contribution in [0.15, 0.2) is 170 Å². The second-order valence-electron chi connectivity index (χ2n) is 15.8. The Bertz CT molecular complexity index is 2520. The summed E-state index contributed by atoms with van der Waals surface area (Å²) >= 11 is 0. The Kier molecular flexibility index (Phi) is 6.91. The quantitative estimate of drug-likeness (QED) is 0.178. The molecular weight excluding hydrogens is 681 g/mol. The van der Waals surface area contributed by atoms with Crippen LogP contribution >= 0.6 is 0 Å². The summed E-state index contributed by atoms with van der Waals surface area (Å²) in [5.41, 5.74) is 20.7. The minimum Gasteiger partial charge on any atom is -0.310 e. The summed E-state index contributed by atoms with van der Waals surface area (Å²) in [6.07, 6.45) is 5.46. The molecule has 1 aliphatic carbocycles. The molecule has 7 aromatic carbocycles. The largest absolute Gasteiger partial charge is 0.310 e. The molecule has 0 amide bonds. The van der Waals surface area contributed by atoms with Crippen molar-refractivity contribution in [1.29, 1.82) is 0 Å². The van der Waals surface area contributed by atoms with E-state index in [1.165, 1.54) is 78.1 Å². The molecule has 4 nitrogen and oxygen atoms in total. The first-order valence-electron chi connectivity index (χ1n) is 19.5. The summed E-state index contributed by atoms with van der Waals surface area (Å²) in [5.74, 6) is 0. The van der Waals surface area contributed by atoms with Gasteiger partial charge in [0.25, 0.3) is 0 Å². The number of benzene rings is 7. The van der Waals surface area contributed by atoms with Crippen LogP contribution in [-0.2, 0) is 10.8 Å². The van der Waals surface area contributed by atoms with Crippen molar-refractivity contribution in [2.24, 2.45) is 0 Å². The molecule has 3 aliphatic rings. The lowest BCUT2D eigenvalue weighted by molar-refractivity contribution is 0.606. The molecule has 0 bridgehead atoms. The molecule has 8 aromatic rings. The van der Waals surface area contributed by atoms with Gasteiger partial charge in [0.2, 0.25) is 0 Å². The Morgan fingerprint density at radius 3 is 1.02 bits per heavy atom. The van der Waals surface area contributed by atoms with Crippen molar-refractivity contribution in [1.82, 2.24) is 9.97 Å². The molecule has 3 heterocycles. The molecule has 0 unspecified atom stereocenters. The Morgan fingerprint density at radius 1 is 0.339 bits per heavy atom. The van der Waals surface area contributed by atoms with Crippen LogP contribution in [-0.4, -0.2) is 9.97 Å². The minimum atomic E-state index is -0.641. The summed E-state index contributed by atoms with van der Waals surface area (Å²) in [6.45, 7) is 8.90. The van der Waals surface area contributed by atoms with Crippen LogP contribution in [0.5, 0.6) is 0 Å². The second kappa shape index (κ2) is 11.9. The van der Waals surface area contributed by atoms with Gasteiger partial charge in [-0.25, -0.2) is 9.97 Å². The maximum Gasteiger partial charge on any atom is 0.115 e. The highest BCUT2D eigenvalue weighted by Gasteiger charge is 2.59. The van der Waals surface area contributed by atoms with Gasteiger partial charge in [0.1, 0.15) is 6.33 Å². The van der Waals surface area contributed by atoms with E-state index in [4.69, 9.17) is 0 Å². The van der Waals surface area contributed by atoms with E-state index in [1.54, 1.807) is 6.33 Å². The number of aryl methyl sites for hydroxylation is 4. The van der Waals surface area contributed by atoms with Crippen molar-refractivity contribution in [2.45, 2.75) is 38.5 Å². The summed E-state index contributed by atoms with van der Waals surface area (Å²) in [4.78, 5) is 13.8. The maximum atomic E-state index is 4.50. The van der Waals surface area contributed by atoms with E-state index in [9.17, 15) is 0 Å². The fourth-order valence-corrected chi connectivity index (χ4v) is 10.4. The average Bonchev–Trinajstić information content (AvgIpc) is 3.23. The topological polar surface area (TPSA) is 32.3 Å². The second-order valence-corrected chi connectivity index (χ2v) is 15.8. The zero-order valence-electron chi connectivity index (χ0n) is 32.0. The van der Waals surface area contributed by atoms with Gasteiger partial charge in [0, 0.05) is 5.69 Å². The SMILES string of the molecule is Cc1ccc2c(c1)C1(c3cc(C)ccc3N2c2ccccc2)c2ccccc2C2(c3cc(C)ccc3N(c3cncnc3)c3ccc(C)cc32)c2ccccc21. The molecule has 4 heteroatoms. The molecule has 0 saturated heterocycles. The number of aromatic nitrogens is 2. The van der Waals surface area contributed by atoms with Gasteiger partial charge >= 0.3 is 0 Å². The van der Waals surface area contributed by atoms with Crippen LogP contribution in [0.4, 0.5) is 34.1 Å². The minimum absolute atomic E-state index is 0.620. The lowest BCUT2D eigenvalue weighted by Gasteiger charge is -2.56. The Labute approximate surface area is 328 Å². The molecular formula is C52H40N4. The van der Waals surface area contributed by atoms with Gasteiger partial charge < -0.3 is 9.80 Å². The molecule has 268 valence electrons. The van der Waals surface area contributed by atoms with Crippen LogP contribution in [0.25, 0.3) is 0 Å². The van der Waals surface area contributed by atoms with Gasteiger partial charge in [-0.2, -0.15) is 0 Å². The Balaban J connectivity index is 1.33. The van der Waals surface area contributed by atoms with Gasteiger partial charge in [0.05, 0.1) is 51.7 Å². The predicted molar refractivity (Wildman–Crippen MR) is 228 cm³/mol. The zero-order chi connectivity index (χ0) is 37.8. The smallest absolute Gasteiger partial charge is 0.115 e. The normalized spacial score (nSPS) is 15.0. The van der Waals surface area contributed by atoms with Crippen LogP contribution in [0.3, 0.4) is 0 Å². The molecule has 0 N–H and O–H groups in total. The molecule has 0 atom stereocenters. The zero-order valence-corrected chi connectivity index (χ0v) is 32.0. The van der Waals surface area contributed by atoms with E-state index in [2.05, 4.69) is 199 Å². The van der Waals surface area contributed by atoms with E-state index in [0.717, 1.165) is 22.7 Å². The number of anilines is 6. The van der Waals surface area contributed by atoms with Crippen molar-refractivity contribution >= 4 is 34.1 Å². The monoisotopic (exact) mass is 720 g/mol. The molecule has 0 radical (unpaired) electrons. The highest BCUT2D eigenvalue weighted by atomic mass is 15.2. The van der Waals surface area contributed by atoms with Crippen molar-refractivity contribution in [3.05, 3.63) is 237 Å². The first kappa shape index (κ1) is 32.6. The molecule has 2 aliphatic heterocycles. The summed E-state index contributed by atoms with van der Waals surface area (Å²) in [5, 5.41) is 0. The first-order valence-corrected chi connectivity index (χ1v) is 19.5. The molecule has 2 spiro atoms. The fraction of sp³-hybridized carbons (Fsp3) is 0.115. The lowest BCUT2D eigenvalue weighted by atomic mass is 9.48. The molecule has 1 aromatic heterocycles. The summed E-state index contributed by atoms with van der Waals surface area (Å²) in [7, 11) is 0. The number of nitrogens with zero attached hydrogens (tertiary/aromatic N) is 4. The third-order valence-corrected chi connectivity index (χ3v) is 12.5. The van der Waals surface area contributed by atoms with Crippen molar-refractivity contribution in [3.63, 3.8) is 0 Å². The lowest BCUT2D eigenvalue weighted by Crippen LogP contribution is -2.49. The summed E-state index contributed by atoms with van der Waals surface area (Å²) < 4.78 is 0. The van der Waals surface area contributed by atoms with Gasteiger partial charge in [-0.15, -0.1) is 0 Å². The molecule has 0 saturated carbocycles. The van der Waals surface area contributed by atoms with Gasteiger partial charge in [-0.1, -0.05) is 138 Å². The van der Waals surface area contributed by atoms with E-state index in [0.29, 0.717) is 0 Å². The maximum absolute atomic E-state index is 4.50. The molecule has 56 heavy (non-hydrogen) atoms. The van der Waals surface area contributed by atoms with E-state index in [1.807, 2.05) is 12.4 Å². The van der Waals surface area contributed by atoms with Crippen LogP contribution < -0.4 is 9.80 Å². The van der Waals surface area contributed by atoms with E-state index < -0.39 is 10.8 Å². The van der Waals surface area contributed by atoms with Crippen LogP contribution in [0.1, 0.15) is 66.8 Å². The number of rotatable bonds is 2. The van der Waals surface area contributed by atoms with E-state index in [-0.39, 0.29) is 0 Å². The summed E-state index contributed by atoms with van der Waals surface area (Å²) in [6, 6.07) is 57.6. The van der Waals surface area contributed by atoms with Crippen molar-refractivity contribution < 1.29 is 0 Å². The number of fused-ring (bicyclic) bond motifs is 14. The van der Waals surface area contributed by atoms with Crippen molar-refractivity contribution in [2.75, 3.05) is 9.80 Å². The standard InChI is InChI=1S/C52H40N4/c1-33-18-22-47-43(26-33)51(44-27-34(2)19-23-48(44)55(47)37-12-6-5-7-13-37)39-14-8-10-16-41(39)52(42-17-11-9-15-40(42)51)45-28-35(3)20-24-49(45)56(38-30-53-32-54-31-38)50-25-21-36(4)29-46(50)52/h5-32H,1-4H3. The molecule has 0 fully saturated rings. The van der Waals surface area contributed by atoms with Crippen molar-refractivity contribution in [3.8, 4) is 0 Å². The molecule has 11 rings (SSSR count). The van der Waals surface area contributed by atoms with Crippen LogP contribution in [0, 0.1) is 27.7 Å². The van der Waals surface area contributed by atoms with Gasteiger partial charge in [-0.05, 0) is 109 Å². The van der Waals surface area contributed by atoms with Gasteiger partial charge in [-0.3, -0.25) is 0 Å². The Hall–Kier alpha value is -6.78. The fourth-order valence-electron chi connectivity index (χ4n) is 10.4. The first-order chi connectivity index (χ1) is 27.4. The Morgan fingerprint density at radius 2 is 0.661 bits per heavy atom. The third kappa shape index (κ3) is 4.19. The highest BCUT2D eigenvalue weighted by Crippen LogP contribution is 2.68. The average molecular weight is 721 g/mol. The van der Waals surface area contributed by atoms with Gasteiger partial charge in [0.15, 0.2) is 0 Å². The highest BCUT2D eigenvalue weighted by molar-refractivity contribution is 5.95. The number of hydrogen-bond acceptors (Lipinski definition) is 4.